The van der Waals surface area contributed by atoms with E-state index in [1.807, 2.05) is 24.3 Å². The molecule has 1 aliphatic heterocycles. The number of nitrogens with one attached hydrogen (secondary N) is 2. The molecule has 4 rings (SSSR count). The Labute approximate surface area is 171 Å². The highest BCUT2D eigenvalue weighted by molar-refractivity contribution is 7.17. The van der Waals surface area contributed by atoms with E-state index in [4.69, 9.17) is 13.9 Å². The van der Waals surface area contributed by atoms with Crippen LogP contribution in [0.1, 0.15) is 22.4 Å². The van der Waals surface area contributed by atoms with Crippen LogP contribution in [-0.2, 0) is 11.3 Å². The Morgan fingerprint density at radius 2 is 1.93 bits per heavy atom. The Balaban J connectivity index is 1.37. The van der Waals surface area contributed by atoms with Crippen LogP contribution in [0.3, 0.4) is 0 Å². The number of thiophene rings is 1. The number of ether oxygens (including phenoxy) is 2. The monoisotopic (exact) mass is 412 g/mol. The molecule has 0 bridgehead atoms. The van der Waals surface area contributed by atoms with E-state index in [0.29, 0.717) is 29.6 Å². The lowest BCUT2D eigenvalue weighted by Gasteiger charge is -2.18. The highest BCUT2D eigenvalue weighted by Crippen LogP contribution is 2.36. The summed E-state index contributed by atoms with van der Waals surface area (Å²) < 4.78 is 16.3. The second-order valence-electron chi connectivity index (χ2n) is 6.51. The number of hydrogen-bond donors (Lipinski definition) is 2. The van der Waals surface area contributed by atoms with Gasteiger partial charge < -0.3 is 24.5 Å². The minimum atomic E-state index is -0.669. The zero-order chi connectivity index (χ0) is 20.2. The van der Waals surface area contributed by atoms with Crippen LogP contribution in [0.2, 0.25) is 0 Å². The van der Waals surface area contributed by atoms with Crippen LogP contribution >= 0.6 is 11.3 Å². The zero-order valence-corrected chi connectivity index (χ0v) is 16.6. The molecule has 1 aromatic carbocycles. The molecule has 2 amide bonds. The molecule has 3 aromatic rings. The molecular weight excluding hydrogens is 392 g/mol. The first-order valence-corrected chi connectivity index (χ1v) is 10.0. The fraction of sp³-hybridized carbons (Fsp3) is 0.238. The van der Waals surface area contributed by atoms with Crippen molar-refractivity contribution in [2.24, 2.45) is 0 Å². The number of rotatable bonds is 6. The lowest BCUT2D eigenvalue weighted by atomic mass is 10.1. The first-order valence-electron chi connectivity index (χ1n) is 9.21. The van der Waals surface area contributed by atoms with E-state index in [-0.39, 0.29) is 18.4 Å². The van der Waals surface area contributed by atoms with E-state index in [1.54, 1.807) is 31.4 Å². The molecule has 0 saturated carbocycles. The number of benzene rings is 1. The van der Waals surface area contributed by atoms with E-state index in [9.17, 15) is 9.59 Å². The van der Waals surface area contributed by atoms with Gasteiger partial charge in [-0.2, -0.15) is 0 Å². The van der Waals surface area contributed by atoms with Gasteiger partial charge in [0.15, 0.2) is 11.5 Å². The molecule has 2 aromatic heterocycles. The van der Waals surface area contributed by atoms with Gasteiger partial charge in [-0.05, 0) is 55.0 Å². The average Bonchev–Trinajstić information content (AvgIpc) is 3.43. The number of carbonyl (C=O) groups excluding carboxylic acids is 2. The molecule has 29 heavy (non-hydrogen) atoms. The first-order chi connectivity index (χ1) is 14.1. The van der Waals surface area contributed by atoms with Crippen molar-refractivity contribution in [1.29, 1.82) is 0 Å². The minimum absolute atomic E-state index is 0.277. The highest BCUT2D eigenvalue weighted by Gasteiger charge is 2.19. The van der Waals surface area contributed by atoms with Gasteiger partial charge in [-0.3, -0.25) is 9.59 Å². The Morgan fingerprint density at radius 3 is 2.72 bits per heavy atom. The zero-order valence-electron chi connectivity index (χ0n) is 15.8. The fourth-order valence-corrected chi connectivity index (χ4v) is 3.79. The lowest BCUT2D eigenvalue weighted by Crippen LogP contribution is -2.44. The number of hydrogen-bond acceptors (Lipinski definition) is 6. The summed E-state index contributed by atoms with van der Waals surface area (Å²) >= 11 is 1.35. The molecule has 8 heteroatoms. The van der Waals surface area contributed by atoms with Crippen LogP contribution < -0.4 is 20.1 Å². The molecule has 150 valence electrons. The second-order valence-corrected chi connectivity index (χ2v) is 7.60. The molecule has 1 aliphatic rings. The van der Waals surface area contributed by atoms with Gasteiger partial charge in [0.25, 0.3) is 5.91 Å². The minimum Gasteiger partial charge on any atom is -0.486 e. The van der Waals surface area contributed by atoms with Gasteiger partial charge in [0.2, 0.25) is 5.91 Å². The van der Waals surface area contributed by atoms with Gasteiger partial charge in [0.1, 0.15) is 25.0 Å². The Bertz CT molecular complexity index is 1010. The van der Waals surface area contributed by atoms with Crippen LogP contribution in [0.5, 0.6) is 11.5 Å². The molecule has 0 radical (unpaired) electrons. The predicted molar refractivity (Wildman–Crippen MR) is 108 cm³/mol. The first kappa shape index (κ1) is 19.1. The topological polar surface area (TPSA) is 89.8 Å². The van der Waals surface area contributed by atoms with E-state index in [1.165, 1.54) is 11.3 Å². The maximum atomic E-state index is 12.5. The Morgan fingerprint density at radius 1 is 1.10 bits per heavy atom. The van der Waals surface area contributed by atoms with Crippen LogP contribution in [0, 0.1) is 0 Å². The van der Waals surface area contributed by atoms with Crippen LogP contribution in [0.25, 0.3) is 10.4 Å². The standard InChI is InChI=1S/C21H20N2O5S/c1-13(20(24)22-12-15-3-2-8-26-15)23-21(25)19-7-6-18(29-19)14-4-5-16-17(11-14)28-10-9-27-16/h2-8,11,13H,9-10,12H2,1H3,(H,22,24)(H,23,25). The van der Waals surface area contributed by atoms with Crippen molar-refractivity contribution in [2.45, 2.75) is 19.5 Å². The second kappa shape index (κ2) is 8.40. The number of carbonyl (C=O) groups is 2. The maximum Gasteiger partial charge on any atom is 0.262 e. The third-order valence-corrected chi connectivity index (χ3v) is 5.55. The SMILES string of the molecule is CC(NC(=O)c1ccc(-c2ccc3c(c2)OCCO3)s1)C(=O)NCc1ccco1. The molecule has 0 saturated heterocycles. The number of furan rings is 1. The van der Waals surface area contributed by atoms with Crippen molar-refractivity contribution in [2.75, 3.05) is 13.2 Å². The van der Waals surface area contributed by atoms with Gasteiger partial charge in [0, 0.05) is 4.88 Å². The number of amides is 2. The normalized spacial score (nSPS) is 13.6. The summed E-state index contributed by atoms with van der Waals surface area (Å²) in [6.07, 6.45) is 1.54. The maximum absolute atomic E-state index is 12.5. The van der Waals surface area contributed by atoms with Crippen molar-refractivity contribution in [1.82, 2.24) is 10.6 Å². The predicted octanol–water partition coefficient (Wildman–Crippen LogP) is 3.21. The third kappa shape index (κ3) is 4.43. The average molecular weight is 412 g/mol. The van der Waals surface area contributed by atoms with Gasteiger partial charge in [0.05, 0.1) is 17.7 Å². The van der Waals surface area contributed by atoms with Crippen LogP contribution in [0.4, 0.5) is 0 Å². The van der Waals surface area contributed by atoms with Gasteiger partial charge in [-0.1, -0.05) is 0 Å². The van der Waals surface area contributed by atoms with Crippen molar-refractivity contribution in [3.8, 4) is 21.9 Å². The Hall–Kier alpha value is -3.26. The van der Waals surface area contributed by atoms with E-state index >= 15 is 0 Å². The van der Waals surface area contributed by atoms with Crippen molar-refractivity contribution in [3.05, 3.63) is 59.4 Å². The summed E-state index contributed by atoms with van der Waals surface area (Å²) in [6.45, 7) is 2.99. The van der Waals surface area contributed by atoms with Gasteiger partial charge >= 0.3 is 0 Å². The summed E-state index contributed by atoms with van der Waals surface area (Å²) in [6, 6.07) is 12.2. The van der Waals surface area contributed by atoms with Gasteiger partial charge in [-0.25, -0.2) is 0 Å². The summed E-state index contributed by atoms with van der Waals surface area (Å²) in [5.74, 6) is 1.51. The van der Waals surface area contributed by atoms with E-state index in [0.717, 1.165) is 16.2 Å². The summed E-state index contributed by atoms with van der Waals surface area (Å²) in [7, 11) is 0. The highest BCUT2D eigenvalue weighted by atomic mass is 32.1. The van der Waals surface area contributed by atoms with Crippen molar-refractivity contribution < 1.29 is 23.5 Å². The molecule has 3 heterocycles. The molecule has 0 spiro atoms. The summed E-state index contributed by atoms with van der Waals surface area (Å²) in [4.78, 5) is 26.2. The molecular formula is C21H20N2O5S. The van der Waals surface area contributed by atoms with Gasteiger partial charge in [-0.15, -0.1) is 11.3 Å². The quantitative estimate of drug-likeness (QED) is 0.649. The lowest BCUT2D eigenvalue weighted by molar-refractivity contribution is -0.122. The molecule has 2 N–H and O–H groups in total. The molecule has 0 fully saturated rings. The summed E-state index contributed by atoms with van der Waals surface area (Å²) in [5.41, 5.74) is 0.947. The fourth-order valence-electron chi connectivity index (χ4n) is 2.89. The largest absolute Gasteiger partial charge is 0.486 e. The molecule has 1 atom stereocenters. The summed E-state index contributed by atoms with van der Waals surface area (Å²) in [5, 5.41) is 5.46. The smallest absolute Gasteiger partial charge is 0.262 e. The third-order valence-electron chi connectivity index (χ3n) is 4.41. The Kier molecular flexibility index (Phi) is 5.53. The molecule has 7 nitrogen and oxygen atoms in total. The van der Waals surface area contributed by atoms with Crippen LogP contribution in [-0.4, -0.2) is 31.1 Å². The van der Waals surface area contributed by atoms with E-state index in [2.05, 4.69) is 10.6 Å². The molecule has 0 aliphatic carbocycles. The number of fused-ring (bicyclic) bond motifs is 1. The van der Waals surface area contributed by atoms with Crippen molar-refractivity contribution >= 4 is 23.2 Å². The molecule has 1 unspecified atom stereocenters. The van der Waals surface area contributed by atoms with Crippen LogP contribution in [0.15, 0.2) is 53.1 Å². The van der Waals surface area contributed by atoms with E-state index < -0.39 is 6.04 Å². The van der Waals surface area contributed by atoms with Crippen molar-refractivity contribution in [3.63, 3.8) is 0 Å².